The molecule has 0 spiro atoms. The summed E-state index contributed by atoms with van der Waals surface area (Å²) < 4.78 is 7.49. The first kappa shape index (κ1) is 17.5. The van der Waals surface area contributed by atoms with Crippen LogP contribution in [0.25, 0.3) is 11.3 Å². The monoisotopic (exact) mass is 357 g/mol. The van der Waals surface area contributed by atoms with Gasteiger partial charge in [-0.2, -0.15) is 0 Å². The van der Waals surface area contributed by atoms with E-state index in [9.17, 15) is 0 Å². The van der Waals surface area contributed by atoms with Crippen molar-refractivity contribution in [3.8, 4) is 23.1 Å². The summed E-state index contributed by atoms with van der Waals surface area (Å²) in [5, 5.41) is 8.66. The lowest BCUT2D eigenvalue weighted by Gasteiger charge is -2.15. The number of rotatable bonds is 5. The summed E-state index contributed by atoms with van der Waals surface area (Å²) >= 11 is 0. The standard InChI is InChI=1S/C23H23N3O/c1-17-14-19(11-10-18-8-9-18)12-13-21(17)22-15-26(25-24-22)16-23(27-2)20-6-4-3-5-7-20/h3-7,12-15,18,23H,8-9,16H2,1-2H3/t23-/m0/s1. The highest BCUT2D eigenvalue weighted by atomic mass is 16.5. The Labute approximate surface area is 160 Å². The third-order valence-electron chi connectivity index (χ3n) is 4.85. The lowest BCUT2D eigenvalue weighted by molar-refractivity contribution is 0.0841. The van der Waals surface area contributed by atoms with E-state index < -0.39 is 0 Å². The van der Waals surface area contributed by atoms with Gasteiger partial charge in [0.15, 0.2) is 0 Å². The van der Waals surface area contributed by atoms with Gasteiger partial charge in [-0.25, -0.2) is 4.68 Å². The topological polar surface area (TPSA) is 39.9 Å². The van der Waals surface area contributed by atoms with Crippen molar-refractivity contribution < 1.29 is 4.74 Å². The highest BCUT2D eigenvalue weighted by molar-refractivity contribution is 5.64. The first-order valence-electron chi connectivity index (χ1n) is 9.33. The molecule has 1 aliphatic rings. The molecule has 0 aliphatic heterocycles. The maximum atomic E-state index is 5.64. The minimum Gasteiger partial charge on any atom is -0.375 e. The SMILES string of the molecule is CO[C@@H](Cn1cc(-c2ccc(C#CC3CC3)cc2C)nn1)c1ccccc1. The molecule has 4 nitrogen and oxygen atoms in total. The number of hydrogen-bond acceptors (Lipinski definition) is 3. The summed E-state index contributed by atoms with van der Waals surface area (Å²) in [6.07, 6.45) is 4.42. The molecular formula is C23H23N3O. The maximum absolute atomic E-state index is 5.64. The molecular weight excluding hydrogens is 334 g/mol. The van der Waals surface area contributed by atoms with Crippen molar-refractivity contribution in [3.63, 3.8) is 0 Å². The van der Waals surface area contributed by atoms with Crippen LogP contribution in [0.2, 0.25) is 0 Å². The first-order chi connectivity index (χ1) is 13.2. The number of aromatic nitrogens is 3. The van der Waals surface area contributed by atoms with Crippen LogP contribution in [0.3, 0.4) is 0 Å². The fourth-order valence-corrected chi connectivity index (χ4v) is 3.11. The van der Waals surface area contributed by atoms with Gasteiger partial charge >= 0.3 is 0 Å². The van der Waals surface area contributed by atoms with Crippen LogP contribution < -0.4 is 0 Å². The van der Waals surface area contributed by atoms with Gasteiger partial charge in [0, 0.05) is 24.2 Å². The molecule has 0 unspecified atom stereocenters. The van der Waals surface area contributed by atoms with Crippen molar-refractivity contribution >= 4 is 0 Å². The molecule has 27 heavy (non-hydrogen) atoms. The predicted molar refractivity (Wildman–Crippen MR) is 106 cm³/mol. The number of methoxy groups -OCH3 is 1. The van der Waals surface area contributed by atoms with Crippen LogP contribution in [0, 0.1) is 24.7 Å². The van der Waals surface area contributed by atoms with Crippen LogP contribution in [0.15, 0.2) is 54.7 Å². The summed E-state index contributed by atoms with van der Waals surface area (Å²) in [4.78, 5) is 0. The second-order valence-corrected chi connectivity index (χ2v) is 7.03. The largest absolute Gasteiger partial charge is 0.375 e. The molecule has 4 rings (SSSR count). The van der Waals surface area contributed by atoms with Gasteiger partial charge in [0.1, 0.15) is 11.8 Å². The second-order valence-electron chi connectivity index (χ2n) is 7.03. The van der Waals surface area contributed by atoms with Crippen molar-refractivity contribution in [2.24, 2.45) is 5.92 Å². The van der Waals surface area contributed by atoms with Gasteiger partial charge < -0.3 is 4.74 Å². The van der Waals surface area contributed by atoms with E-state index in [-0.39, 0.29) is 6.10 Å². The van der Waals surface area contributed by atoms with Gasteiger partial charge in [-0.1, -0.05) is 53.5 Å². The molecule has 0 saturated heterocycles. The number of nitrogens with zero attached hydrogens (tertiary/aromatic N) is 3. The first-order valence-corrected chi connectivity index (χ1v) is 9.33. The molecule has 1 fully saturated rings. The lowest BCUT2D eigenvalue weighted by Crippen LogP contribution is -2.11. The van der Waals surface area contributed by atoms with Gasteiger partial charge in [0.05, 0.1) is 12.7 Å². The zero-order valence-corrected chi connectivity index (χ0v) is 15.7. The van der Waals surface area contributed by atoms with Crippen molar-refractivity contribution in [3.05, 3.63) is 71.4 Å². The van der Waals surface area contributed by atoms with E-state index in [0.29, 0.717) is 12.5 Å². The minimum absolute atomic E-state index is 0.0538. The highest BCUT2D eigenvalue weighted by Gasteiger charge is 2.18. The van der Waals surface area contributed by atoms with E-state index >= 15 is 0 Å². The van der Waals surface area contributed by atoms with Crippen LogP contribution in [-0.4, -0.2) is 22.1 Å². The molecule has 1 atom stereocenters. The Morgan fingerprint density at radius 3 is 2.70 bits per heavy atom. The average molecular weight is 357 g/mol. The molecule has 1 heterocycles. The second kappa shape index (κ2) is 7.77. The molecule has 3 aromatic rings. The third-order valence-corrected chi connectivity index (χ3v) is 4.85. The molecule has 1 aromatic heterocycles. The Morgan fingerprint density at radius 1 is 1.19 bits per heavy atom. The number of hydrogen-bond donors (Lipinski definition) is 0. The Bertz CT molecular complexity index is 978. The Kier molecular flexibility index (Phi) is 5.04. The molecule has 0 amide bonds. The van der Waals surface area contributed by atoms with Crippen LogP contribution >= 0.6 is 0 Å². The quantitative estimate of drug-likeness (QED) is 0.635. The van der Waals surface area contributed by atoms with E-state index in [1.165, 1.54) is 12.8 Å². The summed E-state index contributed by atoms with van der Waals surface area (Å²) in [5.41, 5.74) is 5.32. The number of aryl methyl sites for hydroxylation is 1. The molecule has 4 heteroatoms. The number of ether oxygens (including phenoxy) is 1. The molecule has 1 saturated carbocycles. The summed E-state index contributed by atoms with van der Waals surface area (Å²) in [6.45, 7) is 2.72. The summed E-state index contributed by atoms with van der Waals surface area (Å²) in [7, 11) is 1.72. The minimum atomic E-state index is -0.0538. The average Bonchev–Trinajstić information content (AvgIpc) is 3.42. The van der Waals surface area contributed by atoms with Gasteiger partial charge in [0.2, 0.25) is 0 Å². The van der Waals surface area contributed by atoms with Crippen LogP contribution in [0.4, 0.5) is 0 Å². The van der Waals surface area contributed by atoms with Crippen molar-refractivity contribution in [2.75, 3.05) is 7.11 Å². The third kappa shape index (κ3) is 4.27. The normalized spacial score (nSPS) is 14.4. The van der Waals surface area contributed by atoms with Crippen LogP contribution in [0.1, 0.15) is 35.6 Å². The Morgan fingerprint density at radius 2 is 2.00 bits per heavy atom. The number of benzene rings is 2. The van der Waals surface area contributed by atoms with Crippen molar-refractivity contribution in [2.45, 2.75) is 32.4 Å². The highest BCUT2D eigenvalue weighted by Crippen LogP contribution is 2.28. The fourth-order valence-electron chi connectivity index (χ4n) is 3.11. The van der Waals surface area contributed by atoms with E-state index in [4.69, 9.17) is 4.74 Å². The molecule has 0 N–H and O–H groups in total. The predicted octanol–water partition coefficient (Wildman–Crippen LogP) is 4.40. The van der Waals surface area contributed by atoms with E-state index in [2.05, 4.69) is 59.4 Å². The van der Waals surface area contributed by atoms with Crippen LogP contribution in [0.5, 0.6) is 0 Å². The fraction of sp³-hybridized carbons (Fsp3) is 0.304. The lowest BCUT2D eigenvalue weighted by atomic mass is 10.0. The molecule has 1 aliphatic carbocycles. The molecule has 136 valence electrons. The summed E-state index contributed by atoms with van der Waals surface area (Å²) in [6, 6.07) is 16.5. The van der Waals surface area contributed by atoms with E-state index in [1.54, 1.807) is 7.11 Å². The van der Waals surface area contributed by atoms with E-state index in [1.807, 2.05) is 29.1 Å². The maximum Gasteiger partial charge on any atom is 0.113 e. The molecule has 2 aromatic carbocycles. The van der Waals surface area contributed by atoms with Gasteiger partial charge in [-0.05, 0) is 43.0 Å². The smallest absolute Gasteiger partial charge is 0.113 e. The zero-order chi connectivity index (χ0) is 18.6. The van der Waals surface area contributed by atoms with Crippen molar-refractivity contribution in [1.82, 2.24) is 15.0 Å². The van der Waals surface area contributed by atoms with Crippen molar-refractivity contribution in [1.29, 1.82) is 0 Å². The molecule has 0 bridgehead atoms. The zero-order valence-electron chi connectivity index (χ0n) is 15.7. The Hall–Kier alpha value is -2.90. The van der Waals surface area contributed by atoms with Gasteiger partial charge in [0.25, 0.3) is 0 Å². The van der Waals surface area contributed by atoms with Gasteiger partial charge in [-0.15, -0.1) is 5.10 Å². The Balaban J connectivity index is 1.51. The molecule has 0 radical (unpaired) electrons. The van der Waals surface area contributed by atoms with E-state index in [0.717, 1.165) is 27.9 Å². The van der Waals surface area contributed by atoms with Gasteiger partial charge in [-0.3, -0.25) is 0 Å². The summed E-state index contributed by atoms with van der Waals surface area (Å²) in [5.74, 6) is 7.20. The van der Waals surface area contributed by atoms with Crippen LogP contribution in [-0.2, 0) is 11.3 Å².